The van der Waals surface area contributed by atoms with Crippen molar-refractivity contribution in [3.63, 3.8) is 0 Å². The number of hydrogen-bond acceptors (Lipinski definition) is 7. The number of benzene rings is 2. The molecule has 27 heavy (non-hydrogen) atoms. The minimum Gasteiger partial charge on any atom is -0.497 e. The minimum atomic E-state index is -0.750. The topological polar surface area (TPSA) is 117 Å². The molecule has 2 aromatic rings. The smallest absolute Gasteiger partial charge is 0.342 e. The average molecular weight is 374 g/mol. The number of rotatable bonds is 7. The van der Waals surface area contributed by atoms with Gasteiger partial charge in [0.15, 0.2) is 6.61 Å². The largest absolute Gasteiger partial charge is 0.497 e. The summed E-state index contributed by atoms with van der Waals surface area (Å²) in [5, 5.41) is 13.3. The summed E-state index contributed by atoms with van der Waals surface area (Å²) in [7, 11) is 2.87. The Morgan fingerprint density at radius 3 is 2.48 bits per heavy atom. The summed E-state index contributed by atoms with van der Waals surface area (Å²) >= 11 is 0. The lowest BCUT2D eigenvalue weighted by atomic mass is 10.2. The van der Waals surface area contributed by atoms with Gasteiger partial charge in [-0.25, -0.2) is 4.79 Å². The molecular formula is C18H18N2O7. The molecule has 142 valence electrons. The number of nitro benzene ring substituents is 1. The summed E-state index contributed by atoms with van der Waals surface area (Å²) in [5.41, 5.74) is 0.887. The molecule has 0 aliphatic heterocycles. The highest BCUT2D eigenvalue weighted by Crippen LogP contribution is 2.25. The van der Waals surface area contributed by atoms with Crippen LogP contribution in [0.5, 0.6) is 11.5 Å². The fourth-order valence-corrected chi connectivity index (χ4v) is 2.22. The van der Waals surface area contributed by atoms with E-state index < -0.39 is 23.4 Å². The number of nitrogens with one attached hydrogen (secondary N) is 1. The number of aryl methyl sites for hydroxylation is 1. The number of hydrogen-bond donors (Lipinski definition) is 1. The Labute approximate surface area is 155 Å². The van der Waals surface area contributed by atoms with Crippen LogP contribution >= 0.6 is 0 Å². The Bertz CT molecular complexity index is 880. The van der Waals surface area contributed by atoms with E-state index in [2.05, 4.69) is 5.32 Å². The van der Waals surface area contributed by atoms with E-state index in [1.54, 1.807) is 13.0 Å². The molecule has 0 fully saturated rings. The molecule has 0 bridgehead atoms. The van der Waals surface area contributed by atoms with Gasteiger partial charge in [0.1, 0.15) is 17.1 Å². The zero-order valence-corrected chi connectivity index (χ0v) is 15.0. The van der Waals surface area contributed by atoms with Crippen LogP contribution in [0.2, 0.25) is 0 Å². The van der Waals surface area contributed by atoms with Crippen LogP contribution in [0.1, 0.15) is 15.9 Å². The minimum absolute atomic E-state index is 0.137. The lowest BCUT2D eigenvalue weighted by molar-refractivity contribution is -0.384. The first kappa shape index (κ1) is 19.7. The molecule has 0 spiro atoms. The summed E-state index contributed by atoms with van der Waals surface area (Å²) < 4.78 is 15.2. The van der Waals surface area contributed by atoms with Crippen LogP contribution in [0.15, 0.2) is 36.4 Å². The second-order valence-electron chi connectivity index (χ2n) is 5.45. The van der Waals surface area contributed by atoms with Gasteiger partial charge in [0.2, 0.25) is 0 Å². The number of amides is 1. The van der Waals surface area contributed by atoms with Crippen molar-refractivity contribution in [3.05, 3.63) is 57.6 Å². The fraction of sp³-hybridized carbons (Fsp3) is 0.222. The van der Waals surface area contributed by atoms with Crippen molar-refractivity contribution in [2.75, 3.05) is 26.1 Å². The Kier molecular flexibility index (Phi) is 6.32. The van der Waals surface area contributed by atoms with Gasteiger partial charge in [-0.05, 0) is 24.6 Å². The zero-order chi connectivity index (χ0) is 20.0. The van der Waals surface area contributed by atoms with Gasteiger partial charge in [-0.2, -0.15) is 0 Å². The summed E-state index contributed by atoms with van der Waals surface area (Å²) in [5.74, 6) is -0.628. The lowest BCUT2D eigenvalue weighted by Crippen LogP contribution is -2.21. The quantitative estimate of drug-likeness (QED) is 0.450. The molecule has 0 heterocycles. The van der Waals surface area contributed by atoms with Crippen molar-refractivity contribution in [1.82, 2.24) is 0 Å². The highest BCUT2D eigenvalue weighted by atomic mass is 16.6. The van der Waals surface area contributed by atoms with Gasteiger partial charge in [0, 0.05) is 18.2 Å². The van der Waals surface area contributed by atoms with Gasteiger partial charge in [-0.15, -0.1) is 0 Å². The Morgan fingerprint density at radius 1 is 1.11 bits per heavy atom. The van der Waals surface area contributed by atoms with Crippen LogP contribution < -0.4 is 14.8 Å². The molecule has 2 aromatic carbocycles. The molecule has 9 nitrogen and oxygen atoms in total. The van der Waals surface area contributed by atoms with Crippen molar-refractivity contribution < 1.29 is 28.7 Å². The summed E-state index contributed by atoms with van der Waals surface area (Å²) in [4.78, 5) is 34.5. The zero-order valence-electron chi connectivity index (χ0n) is 15.0. The van der Waals surface area contributed by atoms with Crippen LogP contribution in [0.3, 0.4) is 0 Å². The number of anilines is 1. The van der Waals surface area contributed by atoms with Gasteiger partial charge in [0.05, 0.1) is 24.8 Å². The van der Waals surface area contributed by atoms with E-state index in [0.717, 1.165) is 0 Å². The molecule has 0 aliphatic rings. The third-order valence-corrected chi connectivity index (χ3v) is 3.67. The molecule has 0 radical (unpaired) electrons. The van der Waals surface area contributed by atoms with E-state index in [1.165, 1.54) is 44.6 Å². The van der Waals surface area contributed by atoms with E-state index in [-0.39, 0.29) is 22.7 Å². The maximum atomic E-state index is 12.2. The van der Waals surface area contributed by atoms with Crippen LogP contribution in [-0.2, 0) is 9.53 Å². The first-order valence-corrected chi connectivity index (χ1v) is 7.79. The average Bonchev–Trinajstić information content (AvgIpc) is 2.67. The number of carbonyl (C=O) groups is 2. The second kappa shape index (κ2) is 8.65. The number of ether oxygens (including phenoxy) is 3. The number of non-ortho nitro benzene ring substituents is 1. The molecule has 9 heteroatoms. The normalized spacial score (nSPS) is 10.0. The maximum absolute atomic E-state index is 12.2. The third-order valence-electron chi connectivity index (χ3n) is 3.67. The molecule has 0 saturated heterocycles. The lowest BCUT2D eigenvalue weighted by Gasteiger charge is -2.11. The Morgan fingerprint density at radius 2 is 1.85 bits per heavy atom. The molecule has 0 aliphatic carbocycles. The summed E-state index contributed by atoms with van der Waals surface area (Å²) in [6.45, 7) is 1.13. The van der Waals surface area contributed by atoms with Crippen molar-refractivity contribution in [1.29, 1.82) is 0 Å². The van der Waals surface area contributed by atoms with Gasteiger partial charge < -0.3 is 19.5 Å². The molecule has 0 unspecified atom stereocenters. The molecule has 0 aromatic heterocycles. The van der Waals surface area contributed by atoms with E-state index >= 15 is 0 Å². The molecule has 1 N–H and O–H groups in total. The molecular weight excluding hydrogens is 356 g/mol. The Balaban J connectivity index is 2.03. The predicted molar refractivity (Wildman–Crippen MR) is 96.3 cm³/mol. The number of nitrogens with zero attached hydrogens (tertiary/aromatic N) is 1. The molecule has 0 atom stereocenters. The van der Waals surface area contributed by atoms with Gasteiger partial charge in [-0.3, -0.25) is 14.9 Å². The highest BCUT2D eigenvalue weighted by molar-refractivity contribution is 5.97. The van der Waals surface area contributed by atoms with Crippen molar-refractivity contribution in [2.45, 2.75) is 6.92 Å². The van der Waals surface area contributed by atoms with Crippen LogP contribution in [-0.4, -0.2) is 37.6 Å². The van der Waals surface area contributed by atoms with Crippen molar-refractivity contribution in [2.24, 2.45) is 0 Å². The van der Waals surface area contributed by atoms with E-state index in [1.807, 2.05) is 0 Å². The SMILES string of the molecule is COc1ccc(C(=O)OCC(=O)Nc2cc([N+](=O)[O-])ccc2C)c(OC)c1. The van der Waals surface area contributed by atoms with Crippen LogP contribution in [0.25, 0.3) is 0 Å². The van der Waals surface area contributed by atoms with Crippen molar-refractivity contribution in [3.8, 4) is 11.5 Å². The molecule has 0 saturated carbocycles. The van der Waals surface area contributed by atoms with Gasteiger partial charge in [-0.1, -0.05) is 6.07 Å². The first-order valence-electron chi connectivity index (χ1n) is 7.79. The van der Waals surface area contributed by atoms with E-state index in [4.69, 9.17) is 14.2 Å². The fourth-order valence-electron chi connectivity index (χ4n) is 2.22. The maximum Gasteiger partial charge on any atom is 0.342 e. The van der Waals surface area contributed by atoms with E-state index in [9.17, 15) is 19.7 Å². The van der Waals surface area contributed by atoms with E-state index in [0.29, 0.717) is 11.3 Å². The first-order chi connectivity index (χ1) is 12.8. The monoisotopic (exact) mass is 374 g/mol. The molecule has 2 rings (SSSR count). The van der Waals surface area contributed by atoms with Gasteiger partial charge in [0.25, 0.3) is 11.6 Å². The number of methoxy groups -OCH3 is 2. The predicted octanol–water partition coefficient (Wildman–Crippen LogP) is 2.72. The standard InChI is InChI=1S/C18H18N2O7/c1-11-4-5-12(20(23)24)8-15(11)19-17(21)10-27-18(22)14-7-6-13(25-2)9-16(14)26-3/h4-9H,10H2,1-3H3,(H,19,21). The summed E-state index contributed by atoms with van der Waals surface area (Å²) in [6.07, 6.45) is 0. The number of esters is 1. The van der Waals surface area contributed by atoms with Crippen LogP contribution in [0, 0.1) is 17.0 Å². The number of carbonyl (C=O) groups excluding carboxylic acids is 2. The number of nitro groups is 1. The second-order valence-corrected chi connectivity index (χ2v) is 5.45. The van der Waals surface area contributed by atoms with Crippen LogP contribution in [0.4, 0.5) is 11.4 Å². The molecule has 1 amide bonds. The van der Waals surface area contributed by atoms with Gasteiger partial charge >= 0.3 is 5.97 Å². The third kappa shape index (κ3) is 4.94. The highest BCUT2D eigenvalue weighted by Gasteiger charge is 2.17. The van der Waals surface area contributed by atoms with Crippen molar-refractivity contribution >= 4 is 23.3 Å². The Hall–Kier alpha value is -3.62. The summed E-state index contributed by atoms with van der Waals surface area (Å²) in [6, 6.07) is 8.63.